The van der Waals surface area contributed by atoms with Gasteiger partial charge in [-0.1, -0.05) is 0 Å². The first-order valence-corrected chi connectivity index (χ1v) is 3.68. The highest BCUT2D eigenvalue weighted by Gasteiger charge is 2.29. The van der Waals surface area contributed by atoms with Crippen LogP contribution in [0.2, 0.25) is 0 Å². The largest absolute Gasteiger partial charge is 0.323 e. The average molecular weight is 142 g/mol. The average Bonchev–Trinajstić information content (AvgIpc) is 2.17. The van der Waals surface area contributed by atoms with Gasteiger partial charge in [0.1, 0.15) is 0 Å². The van der Waals surface area contributed by atoms with Crippen molar-refractivity contribution in [2.45, 2.75) is 19.9 Å². The zero-order valence-electron chi connectivity index (χ0n) is 6.79. The van der Waals surface area contributed by atoms with Gasteiger partial charge < -0.3 is 9.80 Å². The first kappa shape index (κ1) is 7.38. The lowest BCUT2D eigenvalue weighted by atomic mass is 10.3. The Labute approximate surface area is 61.6 Å². The second-order valence-electron chi connectivity index (χ2n) is 2.78. The Hall–Kier alpha value is -0.730. The highest BCUT2D eigenvalue weighted by molar-refractivity contribution is 5.76. The minimum absolute atomic E-state index is 0.162. The zero-order chi connectivity index (χ0) is 7.72. The molecule has 0 N–H and O–H groups in total. The molecule has 1 fully saturated rings. The molecule has 2 amide bonds. The highest BCUT2D eigenvalue weighted by atomic mass is 16.2. The Morgan fingerprint density at radius 1 is 1.70 bits per heavy atom. The van der Waals surface area contributed by atoms with E-state index in [1.165, 1.54) is 0 Å². The minimum atomic E-state index is 0.162. The topological polar surface area (TPSA) is 23.6 Å². The van der Waals surface area contributed by atoms with Crippen LogP contribution in [0.15, 0.2) is 0 Å². The van der Waals surface area contributed by atoms with Crippen molar-refractivity contribution >= 4 is 6.03 Å². The molecule has 3 heteroatoms. The number of hydrogen-bond donors (Lipinski definition) is 0. The molecular weight excluding hydrogens is 128 g/mol. The summed E-state index contributed by atoms with van der Waals surface area (Å²) < 4.78 is 0. The fraction of sp³-hybridized carbons (Fsp3) is 0.857. The lowest BCUT2D eigenvalue weighted by Crippen LogP contribution is -2.30. The molecule has 1 aliphatic heterocycles. The molecule has 10 heavy (non-hydrogen) atoms. The molecule has 1 saturated heterocycles. The predicted molar refractivity (Wildman–Crippen MR) is 39.9 cm³/mol. The molecule has 0 aliphatic carbocycles. The van der Waals surface area contributed by atoms with Gasteiger partial charge in [0.05, 0.1) is 0 Å². The quantitative estimate of drug-likeness (QED) is 0.530. The van der Waals surface area contributed by atoms with Gasteiger partial charge in [0.25, 0.3) is 0 Å². The van der Waals surface area contributed by atoms with Crippen LogP contribution >= 0.6 is 0 Å². The Balaban J connectivity index is 2.62. The second-order valence-corrected chi connectivity index (χ2v) is 2.78. The first-order valence-electron chi connectivity index (χ1n) is 3.68. The lowest BCUT2D eigenvalue weighted by molar-refractivity contribution is 0.198. The van der Waals surface area contributed by atoms with Crippen molar-refractivity contribution in [2.24, 2.45) is 0 Å². The van der Waals surface area contributed by atoms with Crippen LogP contribution in [0.1, 0.15) is 13.8 Å². The van der Waals surface area contributed by atoms with Crippen LogP contribution in [0.5, 0.6) is 0 Å². The maximum absolute atomic E-state index is 11.2. The van der Waals surface area contributed by atoms with Gasteiger partial charge >= 0.3 is 6.03 Å². The van der Waals surface area contributed by atoms with E-state index in [1.54, 1.807) is 4.90 Å². The van der Waals surface area contributed by atoms with E-state index in [4.69, 9.17) is 0 Å². The SMILES string of the molecule is CCN1C[C@@H](C)N(C)C1=O. The maximum Gasteiger partial charge on any atom is 0.320 e. The van der Waals surface area contributed by atoms with Crippen LogP contribution in [0.25, 0.3) is 0 Å². The van der Waals surface area contributed by atoms with Crippen LogP contribution in [-0.4, -0.2) is 42.0 Å². The summed E-state index contributed by atoms with van der Waals surface area (Å²) in [5, 5.41) is 0. The maximum atomic E-state index is 11.2. The number of rotatable bonds is 1. The summed E-state index contributed by atoms with van der Waals surface area (Å²) in [6.45, 7) is 5.77. The molecule has 0 spiro atoms. The number of urea groups is 1. The lowest BCUT2D eigenvalue weighted by Gasteiger charge is -2.13. The van der Waals surface area contributed by atoms with Gasteiger partial charge in [0.2, 0.25) is 0 Å². The van der Waals surface area contributed by atoms with Gasteiger partial charge in [-0.3, -0.25) is 0 Å². The standard InChI is InChI=1S/C7H14N2O/c1-4-9-5-6(2)8(3)7(9)10/h6H,4-5H2,1-3H3/t6-/m1/s1. The molecular formula is C7H14N2O. The molecule has 0 aromatic carbocycles. The molecule has 58 valence electrons. The van der Waals surface area contributed by atoms with Crippen molar-refractivity contribution < 1.29 is 4.79 Å². The third-order valence-electron chi connectivity index (χ3n) is 2.10. The number of likely N-dealkylation sites (N-methyl/N-ethyl adjacent to an activating group) is 2. The molecule has 0 unspecified atom stereocenters. The summed E-state index contributed by atoms with van der Waals surface area (Å²) in [4.78, 5) is 14.8. The monoisotopic (exact) mass is 142 g/mol. The van der Waals surface area contributed by atoms with Gasteiger partial charge in [-0.05, 0) is 13.8 Å². The molecule has 1 aliphatic rings. The van der Waals surface area contributed by atoms with Crippen LogP contribution < -0.4 is 0 Å². The third kappa shape index (κ3) is 0.958. The molecule has 0 aromatic rings. The first-order chi connectivity index (χ1) is 4.66. The van der Waals surface area contributed by atoms with E-state index in [-0.39, 0.29) is 6.03 Å². The van der Waals surface area contributed by atoms with Crippen molar-refractivity contribution in [3.63, 3.8) is 0 Å². The summed E-state index contributed by atoms with van der Waals surface area (Å²) in [6, 6.07) is 0.544. The van der Waals surface area contributed by atoms with Crippen LogP contribution in [0.4, 0.5) is 4.79 Å². The van der Waals surface area contributed by atoms with Crippen LogP contribution in [0, 0.1) is 0 Å². The van der Waals surface area contributed by atoms with Crippen molar-refractivity contribution in [1.82, 2.24) is 9.80 Å². The van der Waals surface area contributed by atoms with Crippen molar-refractivity contribution in [1.29, 1.82) is 0 Å². The molecule has 3 nitrogen and oxygen atoms in total. The third-order valence-corrected chi connectivity index (χ3v) is 2.10. The minimum Gasteiger partial charge on any atom is -0.323 e. The van der Waals surface area contributed by atoms with E-state index in [0.717, 1.165) is 13.1 Å². The van der Waals surface area contributed by atoms with Crippen molar-refractivity contribution in [3.05, 3.63) is 0 Å². The smallest absolute Gasteiger partial charge is 0.320 e. The van der Waals surface area contributed by atoms with Crippen LogP contribution in [0.3, 0.4) is 0 Å². The predicted octanol–water partition coefficient (Wildman–Crippen LogP) is 0.762. The summed E-state index contributed by atoms with van der Waals surface area (Å²) in [6.07, 6.45) is 0. The second kappa shape index (κ2) is 2.48. The van der Waals surface area contributed by atoms with Crippen LogP contribution in [-0.2, 0) is 0 Å². The Morgan fingerprint density at radius 3 is 2.50 bits per heavy atom. The van der Waals surface area contributed by atoms with E-state index in [9.17, 15) is 4.79 Å². The summed E-state index contributed by atoms with van der Waals surface area (Å²) in [7, 11) is 1.85. The fourth-order valence-electron chi connectivity index (χ4n) is 1.20. The summed E-state index contributed by atoms with van der Waals surface area (Å²) in [5.74, 6) is 0. The highest BCUT2D eigenvalue weighted by Crippen LogP contribution is 2.11. The fourth-order valence-corrected chi connectivity index (χ4v) is 1.20. The zero-order valence-corrected chi connectivity index (χ0v) is 6.79. The van der Waals surface area contributed by atoms with Crippen molar-refractivity contribution in [2.75, 3.05) is 20.1 Å². The Bertz CT molecular complexity index is 147. The Morgan fingerprint density at radius 2 is 2.30 bits per heavy atom. The van der Waals surface area contributed by atoms with Gasteiger partial charge in [-0.25, -0.2) is 4.79 Å². The molecule has 1 atom stereocenters. The number of carbonyl (C=O) groups excluding carboxylic acids is 1. The van der Waals surface area contributed by atoms with Gasteiger partial charge in [0.15, 0.2) is 0 Å². The van der Waals surface area contributed by atoms with E-state index in [1.807, 2.05) is 18.9 Å². The molecule has 1 heterocycles. The molecule has 0 radical (unpaired) electrons. The number of carbonyl (C=O) groups is 1. The van der Waals surface area contributed by atoms with Crippen molar-refractivity contribution in [3.8, 4) is 0 Å². The van der Waals surface area contributed by atoms with Gasteiger partial charge in [-0.15, -0.1) is 0 Å². The van der Waals surface area contributed by atoms with E-state index in [0.29, 0.717) is 6.04 Å². The molecule has 0 aromatic heterocycles. The van der Waals surface area contributed by atoms with E-state index < -0.39 is 0 Å². The number of nitrogens with zero attached hydrogens (tertiary/aromatic N) is 2. The number of hydrogen-bond acceptors (Lipinski definition) is 1. The number of amides is 2. The summed E-state index contributed by atoms with van der Waals surface area (Å²) in [5.41, 5.74) is 0. The normalized spacial score (nSPS) is 26.3. The molecule has 0 saturated carbocycles. The van der Waals surface area contributed by atoms with Gasteiger partial charge in [-0.2, -0.15) is 0 Å². The Kier molecular flexibility index (Phi) is 1.83. The van der Waals surface area contributed by atoms with E-state index in [2.05, 4.69) is 6.92 Å². The molecule has 1 rings (SSSR count). The van der Waals surface area contributed by atoms with Gasteiger partial charge in [0, 0.05) is 26.2 Å². The molecule has 0 bridgehead atoms. The van der Waals surface area contributed by atoms with E-state index >= 15 is 0 Å². The summed E-state index contributed by atoms with van der Waals surface area (Å²) >= 11 is 0.